The molecule has 1 rings (SSSR count). The van der Waals surface area contributed by atoms with Crippen LogP contribution < -0.4 is 0 Å². The molecule has 0 fully saturated rings. The van der Waals surface area contributed by atoms with E-state index in [0.717, 1.165) is 16.3 Å². The van der Waals surface area contributed by atoms with Crippen molar-refractivity contribution in [1.29, 1.82) is 0 Å². The lowest BCUT2D eigenvalue weighted by molar-refractivity contribution is 0.213. The van der Waals surface area contributed by atoms with Gasteiger partial charge in [-0.2, -0.15) is 0 Å². The molecule has 1 aromatic carbocycles. The summed E-state index contributed by atoms with van der Waals surface area (Å²) in [5.41, 5.74) is 1.85. The Hall–Kier alpha value is -0.540. The van der Waals surface area contributed by atoms with Crippen molar-refractivity contribution in [2.75, 3.05) is 12.4 Å². The van der Waals surface area contributed by atoms with Crippen LogP contribution in [-0.4, -0.2) is 18.2 Å². The van der Waals surface area contributed by atoms with E-state index in [1.54, 1.807) is 0 Å². The van der Waals surface area contributed by atoms with Crippen LogP contribution >= 0.6 is 27.5 Å². The van der Waals surface area contributed by atoms with Gasteiger partial charge in [0.15, 0.2) is 0 Å². The molecule has 0 aliphatic heterocycles. The maximum Gasteiger partial charge on any atom is 0.106 e. The predicted molar refractivity (Wildman–Crippen MR) is 58.8 cm³/mol. The first-order valence-electron chi connectivity index (χ1n) is 3.70. The normalized spacial score (nSPS) is 11.5. The molecule has 0 N–H and O–H groups in total. The summed E-state index contributed by atoms with van der Waals surface area (Å²) in [5.74, 6) is 0. The van der Waals surface area contributed by atoms with Crippen LogP contribution in [0.25, 0.3) is 0 Å². The number of benzene rings is 1. The molecule has 70 valence electrons. The molecule has 0 saturated heterocycles. The summed E-state index contributed by atoms with van der Waals surface area (Å²) in [6.45, 7) is 0. The molecule has 0 aliphatic carbocycles. The fourth-order valence-electron chi connectivity index (χ4n) is 0.907. The van der Waals surface area contributed by atoms with Crippen molar-refractivity contribution in [2.45, 2.75) is 0 Å². The van der Waals surface area contributed by atoms with Crippen molar-refractivity contribution in [1.82, 2.24) is 0 Å². The second-order valence-electron chi connectivity index (χ2n) is 2.36. The molecule has 1 aromatic rings. The Balaban J connectivity index is 2.92. The standard InChI is InChI=1S/C9H9BrClNO/c1-13-12-9(6-10)7-2-4-8(11)5-3-7/h2-5H,6H2,1H3. The minimum atomic E-state index is 0.655. The first kappa shape index (κ1) is 10.5. The quantitative estimate of drug-likeness (QED) is 0.466. The minimum absolute atomic E-state index is 0.655. The van der Waals surface area contributed by atoms with Crippen LogP contribution in [0.15, 0.2) is 29.4 Å². The zero-order chi connectivity index (χ0) is 9.68. The van der Waals surface area contributed by atoms with Crippen molar-refractivity contribution in [2.24, 2.45) is 5.16 Å². The molecule has 0 spiro atoms. The smallest absolute Gasteiger partial charge is 0.106 e. The summed E-state index contributed by atoms with van der Waals surface area (Å²) in [4.78, 5) is 4.70. The first-order valence-corrected chi connectivity index (χ1v) is 5.20. The first-order chi connectivity index (χ1) is 6.27. The van der Waals surface area contributed by atoms with Crippen molar-refractivity contribution in [3.8, 4) is 0 Å². The van der Waals surface area contributed by atoms with Gasteiger partial charge in [0, 0.05) is 15.9 Å². The third-order valence-electron chi connectivity index (χ3n) is 1.51. The average molecular weight is 263 g/mol. The lowest BCUT2D eigenvalue weighted by Crippen LogP contribution is -2.02. The third kappa shape index (κ3) is 3.01. The average Bonchev–Trinajstić information content (AvgIpc) is 2.16. The van der Waals surface area contributed by atoms with E-state index < -0.39 is 0 Å². The van der Waals surface area contributed by atoms with Crippen molar-refractivity contribution in [3.05, 3.63) is 34.9 Å². The fraction of sp³-hybridized carbons (Fsp3) is 0.222. The van der Waals surface area contributed by atoms with Crippen molar-refractivity contribution >= 4 is 33.2 Å². The summed E-state index contributed by atoms with van der Waals surface area (Å²) in [7, 11) is 1.53. The summed E-state index contributed by atoms with van der Waals surface area (Å²) in [6, 6.07) is 7.46. The Morgan fingerprint density at radius 2 is 2.08 bits per heavy atom. The lowest BCUT2D eigenvalue weighted by atomic mass is 10.1. The van der Waals surface area contributed by atoms with Gasteiger partial charge in [0.25, 0.3) is 0 Å². The van der Waals surface area contributed by atoms with E-state index >= 15 is 0 Å². The van der Waals surface area contributed by atoms with Crippen LogP contribution in [0.2, 0.25) is 5.02 Å². The number of rotatable bonds is 3. The largest absolute Gasteiger partial charge is 0.399 e. The van der Waals surface area contributed by atoms with E-state index in [9.17, 15) is 0 Å². The van der Waals surface area contributed by atoms with Crippen LogP contribution in [0.3, 0.4) is 0 Å². The van der Waals surface area contributed by atoms with Crippen LogP contribution in [-0.2, 0) is 4.84 Å². The summed E-state index contributed by atoms with van der Waals surface area (Å²) < 4.78 is 0. The zero-order valence-electron chi connectivity index (χ0n) is 7.13. The SMILES string of the molecule is CON=C(CBr)c1ccc(Cl)cc1. The summed E-state index contributed by atoms with van der Waals surface area (Å²) >= 11 is 9.08. The van der Waals surface area contributed by atoms with Crippen LogP contribution in [0.4, 0.5) is 0 Å². The van der Waals surface area contributed by atoms with E-state index in [4.69, 9.17) is 16.4 Å². The Bertz CT molecular complexity index is 297. The second kappa shape index (κ2) is 5.25. The Morgan fingerprint density at radius 1 is 1.46 bits per heavy atom. The minimum Gasteiger partial charge on any atom is -0.399 e. The van der Waals surface area contributed by atoms with Crippen molar-refractivity contribution < 1.29 is 4.84 Å². The molecule has 0 atom stereocenters. The van der Waals surface area contributed by atoms with Gasteiger partial charge in [0.05, 0.1) is 5.71 Å². The molecule has 13 heavy (non-hydrogen) atoms. The highest BCUT2D eigenvalue weighted by Crippen LogP contribution is 2.11. The van der Waals surface area contributed by atoms with Crippen LogP contribution in [0.1, 0.15) is 5.56 Å². The van der Waals surface area contributed by atoms with Gasteiger partial charge in [0.1, 0.15) is 7.11 Å². The van der Waals surface area contributed by atoms with Gasteiger partial charge in [-0.05, 0) is 12.1 Å². The molecule has 0 unspecified atom stereocenters. The molecule has 0 bridgehead atoms. The zero-order valence-corrected chi connectivity index (χ0v) is 9.47. The molecule has 0 amide bonds. The van der Waals surface area contributed by atoms with Gasteiger partial charge in [-0.15, -0.1) is 0 Å². The van der Waals surface area contributed by atoms with E-state index in [2.05, 4.69) is 21.1 Å². The Kier molecular flexibility index (Phi) is 4.25. The van der Waals surface area contributed by atoms with Gasteiger partial charge in [0.2, 0.25) is 0 Å². The van der Waals surface area contributed by atoms with Crippen LogP contribution in [0.5, 0.6) is 0 Å². The Morgan fingerprint density at radius 3 is 2.54 bits per heavy atom. The Labute approximate surface area is 90.7 Å². The highest BCUT2D eigenvalue weighted by molar-refractivity contribution is 9.09. The molecule has 4 heteroatoms. The van der Waals surface area contributed by atoms with Crippen LogP contribution in [0, 0.1) is 0 Å². The van der Waals surface area contributed by atoms with Gasteiger partial charge in [-0.25, -0.2) is 0 Å². The topological polar surface area (TPSA) is 21.6 Å². The molecule has 0 aliphatic rings. The number of hydrogen-bond acceptors (Lipinski definition) is 2. The molecule has 0 saturated carbocycles. The maximum absolute atomic E-state index is 5.75. The van der Waals surface area contributed by atoms with E-state index in [-0.39, 0.29) is 0 Å². The molecule has 0 aromatic heterocycles. The van der Waals surface area contributed by atoms with E-state index in [0.29, 0.717) is 5.33 Å². The van der Waals surface area contributed by atoms with E-state index in [1.807, 2.05) is 24.3 Å². The highest BCUT2D eigenvalue weighted by atomic mass is 79.9. The fourth-order valence-corrected chi connectivity index (χ4v) is 1.46. The number of hydrogen-bond donors (Lipinski definition) is 0. The van der Waals surface area contributed by atoms with Gasteiger partial charge in [-0.3, -0.25) is 0 Å². The second-order valence-corrected chi connectivity index (χ2v) is 3.36. The summed E-state index contributed by atoms with van der Waals surface area (Å²) in [5, 5.41) is 5.24. The molecule has 2 nitrogen and oxygen atoms in total. The predicted octanol–water partition coefficient (Wildman–Crippen LogP) is 3.09. The number of nitrogens with zero attached hydrogens (tertiary/aromatic N) is 1. The lowest BCUT2D eigenvalue weighted by Gasteiger charge is -2.01. The maximum atomic E-state index is 5.75. The molecule has 0 heterocycles. The number of oxime groups is 1. The monoisotopic (exact) mass is 261 g/mol. The molecular formula is C9H9BrClNO. The van der Waals surface area contributed by atoms with E-state index in [1.165, 1.54) is 7.11 Å². The molecular weight excluding hydrogens is 253 g/mol. The number of alkyl halides is 1. The van der Waals surface area contributed by atoms with Gasteiger partial charge >= 0.3 is 0 Å². The third-order valence-corrected chi connectivity index (χ3v) is 2.29. The highest BCUT2D eigenvalue weighted by Gasteiger charge is 2.01. The van der Waals surface area contributed by atoms with Gasteiger partial charge in [-0.1, -0.05) is 44.8 Å². The van der Waals surface area contributed by atoms with Gasteiger partial charge < -0.3 is 4.84 Å². The summed E-state index contributed by atoms with van der Waals surface area (Å²) in [6.07, 6.45) is 0. The number of halogens is 2. The molecule has 0 radical (unpaired) electrons. The van der Waals surface area contributed by atoms with Crippen molar-refractivity contribution in [3.63, 3.8) is 0 Å².